The van der Waals surface area contributed by atoms with E-state index in [2.05, 4.69) is 39.5 Å². The number of hydrogen-bond donors (Lipinski definition) is 2. The number of pyridine rings is 1. The average Bonchev–Trinajstić information content (AvgIpc) is 3.46. The van der Waals surface area contributed by atoms with Crippen LogP contribution >= 0.6 is 0 Å². The summed E-state index contributed by atoms with van der Waals surface area (Å²) in [5.74, 6) is -0.0504. The van der Waals surface area contributed by atoms with Crippen LogP contribution in [0.1, 0.15) is 41.9 Å². The molecular formula is C33H34N4O3. The number of carbonyl (C=O) groups excluding carboxylic acids is 1. The molecule has 0 spiro atoms. The molecule has 0 amide bonds. The second-order valence-corrected chi connectivity index (χ2v) is 9.82. The van der Waals surface area contributed by atoms with E-state index in [0.717, 1.165) is 42.0 Å². The fourth-order valence-corrected chi connectivity index (χ4v) is 4.95. The lowest BCUT2D eigenvalue weighted by Gasteiger charge is -2.20. The quantitative estimate of drug-likeness (QED) is 0.171. The molecule has 3 aromatic carbocycles. The monoisotopic (exact) mass is 534 g/mol. The molecule has 0 bridgehead atoms. The number of hydrogen-bond acceptors (Lipinski definition) is 7. The molecule has 0 aliphatic carbocycles. The fourth-order valence-electron chi connectivity index (χ4n) is 4.95. The molecule has 2 N–H and O–H groups in total. The highest BCUT2D eigenvalue weighted by Gasteiger charge is 2.24. The van der Waals surface area contributed by atoms with Crippen LogP contribution in [0, 0.1) is 5.41 Å². The Morgan fingerprint density at radius 2 is 1.73 bits per heavy atom. The van der Waals surface area contributed by atoms with E-state index in [0.29, 0.717) is 23.7 Å². The first-order valence-electron chi connectivity index (χ1n) is 13.6. The number of esters is 1. The van der Waals surface area contributed by atoms with Crippen molar-refractivity contribution in [1.82, 2.24) is 4.98 Å². The van der Waals surface area contributed by atoms with E-state index in [-0.39, 0.29) is 18.4 Å². The molecule has 1 aliphatic rings. The average molecular weight is 535 g/mol. The van der Waals surface area contributed by atoms with Gasteiger partial charge in [-0.3, -0.25) is 0 Å². The third kappa shape index (κ3) is 6.38. The smallest absolute Gasteiger partial charge is 0.357 e. The van der Waals surface area contributed by atoms with E-state index in [9.17, 15) is 4.79 Å². The molecular weight excluding hydrogens is 500 g/mol. The van der Waals surface area contributed by atoms with Gasteiger partial charge in [0.2, 0.25) is 0 Å². The van der Waals surface area contributed by atoms with E-state index in [1.165, 1.54) is 5.56 Å². The number of rotatable bonds is 10. The minimum atomic E-state index is -0.496. The molecule has 40 heavy (non-hydrogen) atoms. The van der Waals surface area contributed by atoms with Crippen molar-refractivity contribution in [2.75, 3.05) is 29.9 Å². The van der Waals surface area contributed by atoms with Gasteiger partial charge in [-0.2, -0.15) is 0 Å². The molecule has 204 valence electrons. The van der Waals surface area contributed by atoms with E-state index < -0.39 is 5.97 Å². The van der Waals surface area contributed by atoms with E-state index in [1.807, 2.05) is 60.7 Å². The SMILES string of the molecule is CCOC(=O)c1cc(-c2ccc(N3CCC(OCc4ccccc4)C3)cc2)c(C(C)=N)c(Nc2ccccc2)n1. The first-order valence-corrected chi connectivity index (χ1v) is 13.6. The Kier molecular flexibility index (Phi) is 8.52. The van der Waals surface area contributed by atoms with Gasteiger partial charge in [-0.25, -0.2) is 9.78 Å². The molecule has 0 saturated carbocycles. The zero-order valence-corrected chi connectivity index (χ0v) is 22.9. The van der Waals surface area contributed by atoms with Crippen molar-refractivity contribution in [3.8, 4) is 11.1 Å². The molecule has 1 aromatic heterocycles. The van der Waals surface area contributed by atoms with E-state index >= 15 is 0 Å². The number of nitrogens with zero attached hydrogens (tertiary/aromatic N) is 2. The highest BCUT2D eigenvalue weighted by molar-refractivity contribution is 6.08. The van der Waals surface area contributed by atoms with Crippen molar-refractivity contribution in [3.05, 3.63) is 108 Å². The Bertz CT molecular complexity index is 1460. The summed E-state index contributed by atoms with van der Waals surface area (Å²) in [5.41, 5.74) is 5.94. The summed E-state index contributed by atoms with van der Waals surface area (Å²) in [6.07, 6.45) is 1.17. The second-order valence-electron chi connectivity index (χ2n) is 9.82. The van der Waals surface area contributed by atoms with Gasteiger partial charge in [0.15, 0.2) is 5.69 Å². The van der Waals surface area contributed by atoms with Gasteiger partial charge in [-0.15, -0.1) is 0 Å². The molecule has 1 aliphatic heterocycles. The van der Waals surface area contributed by atoms with Gasteiger partial charge in [0.1, 0.15) is 5.82 Å². The second kappa shape index (κ2) is 12.6. The molecule has 4 aromatic rings. The van der Waals surface area contributed by atoms with Crippen LogP contribution in [0.5, 0.6) is 0 Å². The van der Waals surface area contributed by atoms with Gasteiger partial charge in [-0.1, -0.05) is 60.7 Å². The third-order valence-corrected chi connectivity index (χ3v) is 6.93. The van der Waals surface area contributed by atoms with Gasteiger partial charge in [0.25, 0.3) is 0 Å². The molecule has 1 unspecified atom stereocenters. The van der Waals surface area contributed by atoms with Crippen LogP contribution in [0.15, 0.2) is 91.0 Å². The summed E-state index contributed by atoms with van der Waals surface area (Å²) in [5, 5.41) is 11.9. The summed E-state index contributed by atoms with van der Waals surface area (Å²) >= 11 is 0. The maximum atomic E-state index is 12.7. The molecule has 1 saturated heterocycles. The molecule has 2 heterocycles. The maximum Gasteiger partial charge on any atom is 0.357 e. The lowest BCUT2D eigenvalue weighted by molar-refractivity contribution is 0.0519. The zero-order chi connectivity index (χ0) is 27.9. The molecule has 7 heteroatoms. The zero-order valence-electron chi connectivity index (χ0n) is 22.9. The van der Waals surface area contributed by atoms with Crippen molar-refractivity contribution in [2.45, 2.75) is 33.0 Å². The van der Waals surface area contributed by atoms with Crippen molar-refractivity contribution in [1.29, 1.82) is 5.41 Å². The van der Waals surface area contributed by atoms with Gasteiger partial charge in [0, 0.05) is 35.7 Å². The van der Waals surface area contributed by atoms with Crippen LogP contribution in [0.2, 0.25) is 0 Å². The van der Waals surface area contributed by atoms with Gasteiger partial charge in [-0.05, 0) is 67.3 Å². The molecule has 7 nitrogen and oxygen atoms in total. The van der Waals surface area contributed by atoms with Gasteiger partial charge in [0.05, 0.1) is 19.3 Å². The third-order valence-electron chi connectivity index (χ3n) is 6.93. The Balaban J connectivity index is 1.40. The first-order chi connectivity index (χ1) is 19.5. The number of benzene rings is 3. The Hall–Kier alpha value is -4.49. The number of nitrogens with one attached hydrogen (secondary N) is 2. The summed E-state index contributed by atoms with van der Waals surface area (Å²) < 4.78 is 11.4. The lowest BCUT2D eigenvalue weighted by Crippen LogP contribution is -2.22. The summed E-state index contributed by atoms with van der Waals surface area (Å²) in [7, 11) is 0. The van der Waals surface area contributed by atoms with Crippen LogP contribution < -0.4 is 10.2 Å². The number of para-hydroxylation sites is 1. The molecule has 1 atom stereocenters. The molecule has 5 rings (SSSR count). The number of carbonyl (C=O) groups is 1. The fraction of sp³-hybridized carbons (Fsp3) is 0.242. The predicted molar refractivity (Wildman–Crippen MR) is 160 cm³/mol. The van der Waals surface area contributed by atoms with E-state index in [4.69, 9.17) is 14.9 Å². The minimum Gasteiger partial charge on any atom is -0.461 e. The van der Waals surface area contributed by atoms with Gasteiger partial charge < -0.3 is 25.1 Å². The Morgan fingerprint density at radius 1 is 1.02 bits per heavy atom. The molecule has 0 radical (unpaired) electrons. The van der Waals surface area contributed by atoms with Crippen molar-refractivity contribution >= 4 is 28.9 Å². The summed E-state index contributed by atoms with van der Waals surface area (Å²) in [6, 6.07) is 29.8. The van der Waals surface area contributed by atoms with Crippen molar-refractivity contribution in [3.63, 3.8) is 0 Å². The largest absolute Gasteiger partial charge is 0.461 e. The van der Waals surface area contributed by atoms with Crippen LogP contribution in [-0.2, 0) is 16.1 Å². The summed E-state index contributed by atoms with van der Waals surface area (Å²) in [6.45, 7) is 6.14. The topological polar surface area (TPSA) is 87.5 Å². The number of ether oxygens (including phenoxy) is 2. The number of aromatic nitrogens is 1. The first kappa shape index (κ1) is 27.1. The van der Waals surface area contributed by atoms with Crippen LogP contribution in [0.4, 0.5) is 17.2 Å². The van der Waals surface area contributed by atoms with E-state index in [1.54, 1.807) is 19.9 Å². The van der Waals surface area contributed by atoms with Gasteiger partial charge >= 0.3 is 5.97 Å². The maximum absolute atomic E-state index is 12.7. The number of anilines is 3. The highest BCUT2D eigenvalue weighted by Crippen LogP contribution is 2.33. The van der Waals surface area contributed by atoms with Crippen molar-refractivity contribution in [2.24, 2.45) is 0 Å². The van der Waals surface area contributed by atoms with Crippen LogP contribution in [-0.4, -0.2) is 42.5 Å². The van der Waals surface area contributed by atoms with Crippen LogP contribution in [0.25, 0.3) is 11.1 Å². The van der Waals surface area contributed by atoms with Crippen molar-refractivity contribution < 1.29 is 14.3 Å². The Labute approximate surface area is 235 Å². The van der Waals surface area contributed by atoms with Crippen LogP contribution in [0.3, 0.4) is 0 Å². The highest BCUT2D eigenvalue weighted by atomic mass is 16.5. The Morgan fingerprint density at radius 3 is 2.40 bits per heavy atom. The normalized spacial score (nSPS) is 14.7. The minimum absolute atomic E-state index is 0.186. The predicted octanol–water partition coefficient (Wildman–Crippen LogP) is 6.85. The standard InChI is InChI=1S/C33H34N4O3/c1-3-39-33(38)30-20-29(31(23(2)34)32(36-30)35-26-12-8-5-9-13-26)25-14-16-27(17-15-25)37-19-18-28(21-37)40-22-24-10-6-4-7-11-24/h4-17,20,28,34H,3,18-19,21-22H2,1-2H3,(H,35,36). The molecule has 1 fully saturated rings. The summed E-state index contributed by atoms with van der Waals surface area (Å²) in [4.78, 5) is 19.6. The lowest BCUT2D eigenvalue weighted by atomic mass is 9.96.